The minimum atomic E-state index is -0.210. The smallest absolute Gasteiger partial charge is 0.229 e. The second-order valence-electron chi connectivity index (χ2n) is 7.77. The third-order valence-corrected chi connectivity index (χ3v) is 5.56. The van der Waals surface area contributed by atoms with E-state index in [9.17, 15) is 9.59 Å². The molecule has 1 aromatic heterocycles. The number of nitrogens with one attached hydrogen (secondary N) is 1. The van der Waals surface area contributed by atoms with Crippen molar-refractivity contribution >= 4 is 17.5 Å². The predicted octanol–water partition coefficient (Wildman–Crippen LogP) is 3.56. The van der Waals surface area contributed by atoms with E-state index >= 15 is 0 Å². The number of carbonyl (C=O) groups excluding carboxylic acids is 2. The molecule has 1 aliphatic rings. The molecule has 1 N–H and O–H groups in total. The average molecular weight is 434 g/mol. The van der Waals surface area contributed by atoms with Gasteiger partial charge in [0.05, 0.1) is 13.0 Å². The molecule has 1 unspecified atom stereocenters. The third-order valence-electron chi connectivity index (χ3n) is 5.56. The lowest BCUT2D eigenvalue weighted by molar-refractivity contribution is -0.134. The summed E-state index contributed by atoms with van der Waals surface area (Å²) in [6.07, 6.45) is 2.20. The van der Waals surface area contributed by atoms with Gasteiger partial charge < -0.3 is 19.5 Å². The lowest BCUT2D eigenvalue weighted by atomic mass is 9.96. The van der Waals surface area contributed by atoms with Crippen molar-refractivity contribution in [3.63, 3.8) is 0 Å². The molecule has 0 aliphatic carbocycles. The molecule has 4 rings (SSSR count). The summed E-state index contributed by atoms with van der Waals surface area (Å²) in [6.45, 7) is 1.09. The number of rotatable bonds is 7. The van der Waals surface area contributed by atoms with Crippen LogP contribution >= 0.6 is 0 Å². The molecule has 0 spiro atoms. The zero-order valence-corrected chi connectivity index (χ0v) is 18.0. The van der Waals surface area contributed by atoms with Crippen molar-refractivity contribution in [3.05, 3.63) is 60.5 Å². The average Bonchev–Trinajstić information content (AvgIpc) is 3.32. The molecular weight excluding hydrogens is 408 g/mol. The number of anilines is 1. The van der Waals surface area contributed by atoms with Gasteiger partial charge in [-0.25, -0.2) is 0 Å². The van der Waals surface area contributed by atoms with Gasteiger partial charge in [-0.1, -0.05) is 23.4 Å². The Labute approximate surface area is 186 Å². The van der Waals surface area contributed by atoms with Crippen LogP contribution in [0.3, 0.4) is 0 Å². The second kappa shape index (κ2) is 10.1. The molecule has 8 heteroatoms. The van der Waals surface area contributed by atoms with Gasteiger partial charge in [0.15, 0.2) is 0 Å². The Morgan fingerprint density at radius 1 is 1.16 bits per heavy atom. The molecule has 0 saturated carbocycles. The van der Waals surface area contributed by atoms with Crippen LogP contribution in [0.5, 0.6) is 5.75 Å². The van der Waals surface area contributed by atoms with Crippen LogP contribution in [0.25, 0.3) is 11.4 Å². The van der Waals surface area contributed by atoms with E-state index in [0.717, 1.165) is 29.8 Å². The molecule has 1 atom stereocenters. The molecule has 32 heavy (non-hydrogen) atoms. The first-order valence-electron chi connectivity index (χ1n) is 10.7. The van der Waals surface area contributed by atoms with Crippen LogP contribution < -0.4 is 10.1 Å². The van der Waals surface area contributed by atoms with E-state index in [1.165, 1.54) is 0 Å². The number of amides is 2. The Morgan fingerprint density at radius 2 is 1.94 bits per heavy atom. The van der Waals surface area contributed by atoms with Crippen molar-refractivity contribution in [2.75, 3.05) is 25.5 Å². The number of benzene rings is 2. The molecule has 2 heterocycles. The monoisotopic (exact) mass is 434 g/mol. The minimum Gasteiger partial charge on any atom is -0.497 e. The predicted molar refractivity (Wildman–Crippen MR) is 119 cm³/mol. The van der Waals surface area contributed by atoms with Gasteiger partial charge in [0, 0.05) is 37.2 Å². The second-order valence-corrected chi connectivity index (χ2v) is 7.77. The normalized spacial score (nSPS) is 15.9. The molecule has 2 aromatic carbocycles. The van der Waals surface area contributed by atoms with Gasteiger partial charge in [0.1, 0.15) is 5.75 Å². The highest BCUT2D eigenvalue weighted by molar-refractivity contribution is 5.93. The van der Waals surface area contributed by atoms with Gasteiger partial charge in [0.2, 0.25) is 23.5 Å². The first-order chi connectivity index (χ1) is 15.6. The van der Waals surface area contributed by atoms with Crippen molar-refractivity contribution < 1.29 is 18.8 Å². The van der Waals surface area contributed by atoms with Gasteiger partial charge >= 0.3 is 0 Å². The number of ether oxygens (including phenoxy) is 1. The molecule has 0 bridgehead atoms. The van der Waals surface area contributed by atoms with Crippen LogP contribution in [0.15, 0.2) is 59.1 Å². The highest BCUT2D eigenvalue weighted by atomic mass is 16.5. The standard InChI is InChI=1S/C24H26N4O4/c1-31-20-11-9-17(10-12-20)23-26-21(32-27-23)13-14-22(29)28-15-5-6-18(16-28)24(30)25-19-7-3-2-4-8-19/h2-4,7-12,18H,5-6,13-16H2,1H3,(H,25,30). The van der Waals surface area contributed by atoms with Gasteiger partial charge in [-0.2, -0.15) is 4.98 Å². The minimum absolute atomic E-state index is 0.00796. The maximum absolute atomic E-state index is 12.7. The Balaban J connectivity index is 1.29. The summed E-state index contributed by atoms with van der Waals surface area (Å²) in [7, 11) is 1.61. The van der Waals surface area contributed by atoms with E-state index < -0.39 is 0 Å². The Morgan fingerprint density at radius 3 is 2.69 bits per heavy atom. The van der Waals surface area contributed by atoms with Crippen molar-refractivity contribution in [3.8, 4) is 17.1 Å². The molecule has 3 aromatic rings. The maximum Gasteiger partial charge on any atom is 0.229 e. The third kappa shape index (κ3) is 5.32. The number of aryl methyl sites for hydroxylation is 1. The molecule has 1 saturated heterocycles. The van der Waals surface area contributed by atoms with Crippen LogP contribution in [-0.2, 0) is 16.0 Å². The number of likely N-dealkylation sites (tertiary alicyclic amines) is 1. The molecule has 2 amide bonds. The van der Waals surface area contributed by atoms with Gasteiger partial charge in [-0.05, 0) is 49.2 Å². The summed E-state index contributed by atoms with van der Waals surface area (Å²) in [4.78, 5) is 31.5. The van der Waals surface area contributed by atoms with Crippen molar-refractivity contribution in [2.24, 2.45) is 5.92 Å². The number of hydrogen-bond donors (Lipinski definition) is 1. The maximum atomic E-state index is 12.7. The number of carbonyl (C=O) groups is 2. The van der Waals surface area contributed by atoms with Crippen LogP contribution in [0.4, 0.5) is 5.69 Å². The molecule has 1 fully saturated rings. The first-order valence-corrected chi connectivity index (χ1v) is 10.7. The van der Waals surface area contributed by atoms with E-state index in [0.29, 0.717) is 31.2 Å². The van der Waals surface area contributed by atoms with Crippen LogP contribution in [0.1, 0.15) is 25.2 Å². The summed E-state index contributed by atoms with van der Waals surface area (Å²) >= 11 is 0. The summed E-state index contributed by atoms with van der Waals surface area (Å²) in [5.41, 5.74) is 1.58. The van der Waals surface area contributed by atoms with Crippen LogP contribution in [0, 0.1) is 5.92 Å². The number of para-hydroxylation sites is 1. The highest BCUT2D eigenvalue weighted by Gasteiger charge is 2.28. The summed E-state index contributed by atoms with van der Waals surface area (Å²) in [5, 5.41) is 6.94. The number of nitrogens with zero attached hydrogens (tertiary/aromatic N) is 3. The quantitative estimate of drug-likeness (QED) is 0.611. The van der Waals surface area contributed by atoms with Gasteiger partial charge in [-0.15, -0.1) is 0 Å². The lowest BCUT2D eigenvalue weighted by Crippen LogP contribution is -2.43. The van der Waals surface area contributed by atoms with Crippen LogP contribution in [-0.4, -0.2) is 47.1 Å². The molecule has 1 aliphatic heterocycles. The fraction of sp³-hybridized carbons (Fsp3) is 0.333. The van der Waals surface area contributed by atoms with E-state index in [-0.39, 0.29) is 24.2 Å². The molecule has 8 nitrogen and oxygen atoms in total. The number of hydrogen-bond acceptors (Lipinski definition) is 6. The van der Waals surface area contributed by atoms with Crippen molar-refractivity contribution in [1.82, 2.24) is 15.0 Å². The highest BCUT2D eigenvalue weighted by Crippen LogP contribution is 2.22. The van der Waals surface area contributed by atoms with E-state index in [1.54, 1.807) is 12.0 Å². The van der Waals surface area contributed by atoms with Gasteiger partial charge in [0.25, 0.3) is 0 Å². The van der Waals surface area contributed by atoms with E-state index in [4.69, 9.17) is 9.26 Å². The van der Waals surface area contributed by atoms with Crippen molar-refractivity contribution in [2.45, 2.75) is 25.7 Å². The zero-order valence-electron chi connectivity index (χ0n) is 18.0. The summed E-state index contributed by atoms with van der Waals surface area (Å²) in [5.74, 6) is 1.38. The van der Waals surface area contributed by atoms with Crippen molar-refractivity contribution in [1.29, 1.82) is 0 Å². The first kappa shape index (κ1) is 21.5. The zero-order chi connectivity index (χ0) is 22.3. The summed E-state index contributed by atoms with van der Waals surface area (Å²) in [6, 6.07) is 16.7. The number of piperidine rings is 1. The number of aromatic nitrogens is 2. The Kier molecular flexibility index (Phi) is 6.79. The molecule has 166 valence electrons. The molecular formula is C24H26N4O4. The Hall–Kier alpha value is -3.68. The fourth-order valence-corrected chi connectivity index (χ4v) is 3.77. The number of methoxy groups -OCH3 is 1. The topological polar surface area (TPSA) is 97.6 Å². The summed E-state index contributed by atoms with van der Waals surface area (Å²) < 4.78 is 10.5. The fourth-order valence-electron chi connectivity index (χ4n) is 3.77. The van der Waals surface area contributed by atoms with E-state index in [1.807, 2.05) is 54.6 Å². The van der Waals surface area contributed by atoms with Crippen LogP contribution in [0.2, 0.25) is 0 Å². The molecule has 0 radical (unpaired) electrons. The Bertz CT molecular complexity index is 1050. The SMILES string of the molecule is COc1ccc(-c2noc(CCC(=O)N3CCCC(C(=O)Nc4ccccc4)C3)n2)cc1. The van der Waals surface area contributed by atoms with E-state index in [2.05, 4.69) is 15.5 Å². The lowest BCUT2D eigenvalue weighted by Gasteiger charge is -2.32. The van der Waals surface area contributed by atoms with Gasteiger partial charge in [-0.3, -0.25) is 9.59 Å². The largest absolute Gasteiger partial charge is 0.497 e.